The second-order valence-corrected chi connectivity index (χ2v) is 6.98. The van der Waals surface area contributed by atoms with Crippen molar-refractivity contribution in [3.05, 3.63) is 53.9 Å². The van der Waals surface area contributed by atoms with Gasteiger partial charge in [0.25, 0.3) is 0 Å². The van der Waals surface area contributed by atoms with E-state index in [-0.39, 0.29) is 5.91 Å². The Balaban J connectivity index is 1.48. The first-order valence-corrected chi connectivity index (χ1v) is 9.22. The Bertz CT molecular complexity index is 682. The summed E-state index contributed by atoms with van der Waals surface area (Å²) in [4.78, 5) is 13.8. The number of carbonyl (C=O) groups is 1. The van der Waals surface area contributed by atoms with E-state index in [9.17, 15) is 4.79 Å². The van der Waals surface area contributed by atoms with Gasteiger partial charge in [0, 0.05) is 43.9 Å². The van der Waals surface area contributed by atoms with Gasteiger partial charge < -0.3 is 10.2 Å². The van der Waals surface area contributed by atoms with E-state index in [1.807, 2.05) is 28.8 Å². The van der Waals surface area contributed by atoms with Crippen molar-refractivity contribution in [1.29, 1.82) is 0 Å². The summed E-state index contributed by atoms with van der Waals surface area (Å²) in [6.07, 6.45) is 5.67. The Labute approximate surface area is 150 Å². The molecule has 1 saturated heterocycles. The van der Waals surface area contributed by atoms with Crippen LogP contribution in [0.15, 0.2) is 42.7 Å². The van der Waals surface area contributed by atoms with Crippen LogP contribution in [0.3, 0.4) is 0 Å². The van der Waals surface area contributed by atoms with Gasteiger partial charge in [-0.2, -0.15) is 5.10 Å². The van der Waals surface area contributed by atoms with Crippen molar-refractivity contribution in [3.8, 4) is 0 Å². The van der Waals surface area contributed by atoms with Crippen molar-refractivity contribution in [1.82, 2.24) is 20.0 Å². The van der Waals surface area contributed by atoms with Crippen LogP contribution in [0, 0.1) is 5.92 Å². The lowest BCUT2D eigenvalue weighted by Gasteiger charge is -2.37. The van der Waals surface area contributed by atoms with Gasteiger partial charge in [-0.25, -0.2) is 0 Å². The lowest BCUT2D eigenvalue weighted by Crippen LogP contribution is -2.49. The van der Waals surface area contributed by atoms with E-state index in [0.29, 0.717) is 18.4 Å². The van der Waals surface area contributed by atoms with E-state index in [0.717, 1.165) is 32.6 Å². The maximum Gasteiger partial charge on any atom is 0.222 e. The predicted molar refractivity (Wildman–Crippen MR) is 99.1 cm³/mol. The van der Waals surface area contributed by atoms with E-state index < -0.39 is 0 Å². The predicted octanol–water partition coefficient (Wildman–Crippen LogP) is 2.67. The van der Waals surface area contributed by atoms with Crippen molar-refractivity contribution < 1.29 is 4.79 Å². The van der Waals surface area contributed by atoms with E-state index in [4.69, 9.17) is 0 Å². The summed E-state index contributed by atoms with van der Waals surface area (Å²) < 4.78 is 1.98. The van der Waals surface area contributed by atoms with Gasteiger partial charge in [0.1, 0.15) is 0 Å². The van der Waals surface area contributed by atoms with Crippen LogP contribution in [0.2, 0.25) is 0 Å². The molecule has 0 bridgehead atoms. The van der Waals surface area contributed by atoms with Crippen molar-refractivity contribution in [3.63, 3.8) is 0 Å². The van der Waals surface area contributed by atoms with E-state index in [1.54, 1.807) is 0 Å². The number of rotatable bonds is 6. The minimum atomic E-state index is 0.271. The highest BCUT2D eigenvalue weighted by atomic mass is 16.2. The van der Waals surface area contributed by atoms with Gasteiger partial charge in [0.05, 0.1) is 12.7 Å². The molecule has 1 aliphatic heterocycles. The number of amides is 1. The third-order valence-corrected chi connectivity index (χ3v) is 5.00. The van der Waals surface area contributed by atoms with Gasteiger partial charge in [-0.15, -0.1) is 0 Å². The third kappa shape index (κ3) is 4.69. The fourth-order valence-electron chi connectivity index (χ4n) is 3.50. The van der Waals surface area contributed by atoms with Crippen LogP contribution in [0.25, 0.3) is 0 Å². The van der Waals surface area contributed by atoms with Crippen LogP contribution in [0.4, 0.5) is 0 Å². The molecule has 1 aromatic carbocycles. The molecule has 0 radical (unpaired) electrons. The molecule has 2 atom stereocenters. The number of piperidine rings is 1. The number of hydrogen-bond donors (Lipinski definition) is 1. The number of nitrogens with one attached hydrogen (secondary N) is 1. The Morgan fingerprint density at radius 3 is 2.80 bits per heavy atom. The number of likely N-dealkylation sites (tertiary alicyclic amines) is 1. The van der Waals surface area contributed by atoms with Crippen LogP contribution in [-0.4, -0.2) is 39.7 Å². The van der Waals surface area contributed by atoms with E-state index >= 15 is 0 Å². The topological polar surface area (TPSA) is 50.2 Å². The molecule has 1 N–H and O–H groups in total. The van der Waals surface area contributed by atoms with Crippen LogP contribution >= 0.6 is 0 Å². The molecule has 2 heterocycles. The molecule has 0 aliphatic carbocycles. The SMILES string of the molecule is CCC(=O)N1CC[C@H](NCc2cnn(Cc3ccccc3)c2)[C@@H](C)C1. The number of nitrogens with zero attached hydrogens (tertiary/aromatic N) is 3. The molecule has 1 fully saturated rings. The molecule has 1 aliphatic rings. The van der Waals surface area contributed by atoms with E-state index in [2.05, 4.69) is 47.8 Å². The standard InChI is InChI=1S/C20H28N4O/c1-3-20(25)23-10-9-19(16(2)13-23)21-11-18-12-22-24(15-18)14-17-7-5-4-6-8-17/h4-8,12,15-16,19,21H,3,9-11,13-14H2,1-2H3/t16-,19-/m0/s1. The second kappa shape index (κ2) is 8.30. The highest BCUT2D eigenvalue weighted by molar-refractivity contribution is 5.75. The third-order valence-electron chi connectivity index (χ3n) is 5.00. The number of hydrogen-bond acceptors (Lipinski definition) is 3. The molecule has 134 valence electrons. The molecular formula is C20H28N4O. The molecule has 1 amide bonds. The fraction of sp³-hybridized carbons (Fsp3) is 0.500. The summed E-state index contributed by atoms with van der Waals surface area (Å²) in [7, 11) is 0. The molecule has 2 aromatic rings. The Hall–Kier alpha value is -2.14. The minimum Gasteiger partial charge on any atom is -0.342 e. The Morgan fingerprint density at radius 1 is 1.28 bits per heavy atom. The van der Waals surface area contributed by atoms with Gasteiger partial charge in [-0.05, 0) is 17.9 Å². The smallest absolute Gasteiger partial charge is 0.222 e. The largest absolute Gasteiger partial charge is 0.342 e. The van der Waals surface area contributed by atoms with Crippen LogP contribution in [0.1, 0.15) is 37.8 Å². The summed E-state index contributed by atoms with van der Waals surface area (Å²) >= 11 is 0. The quantitative estimate of drug-likeness (QED) is 0.879. The lowest BCUT2D eigenvalue weighted by molar-refractivity contribution is -0.132. The molecule has 1 aromatic heterocycles. The normalized spacial score (nSPS) is 20.6. The van der Waals surface area contributed by atoms with Crippen LogP contribution < -0.4 is 5.32 Å². The zero-order chi connectivity index (χ0) is 17.6. The van der Waals surface area contributed by atoms with Gasteiger partial charge >= 0.3 is 0 Å². The number of benzene rings is 1. The first-order chi connectivity index (χ1) is 12.2. The number of carbonyl (C=O) groups excluding carboxylic acids is 1. The number of aromatic nitrogens is 2. The van der Waals surface area contributed by atoms with Gasteiger partial charge in [0.2, 0.25) is 5.91 Å². The molecule has 5 nitrogen and oxygen atoms in total. The fourth-order valence-corrected chi connectivity index (χ4v) is 3.50. The monoisotopic (exact) mass is 340 g/mol. The van der Waals surface area contributed by atoms with Gasteiger partial charge in [0.15, 0.2) is 0 Å². The highest BCUT2D eigenvalue weighted by Crippen LogP contribution is 2.18. The lowest BCUT2D eigenvalue weighted by atomic mass is 9.93. The maximum absolute atomic E-state index is 11.8. The van der Waals surface area contributed by atoms with E-state index in [1.165, 1.54) is 11.1 Å². The minimum absolute atomic E-state index is 0.271. The Kier molecular flexibility index (Phi) is 5.87. The first kappa shape index (κ1) is 17.7. The Morgan fingerprint density at radius 2 is 2.08 bits per heavy atom. The highest BCUT2D eigenvalue weighted by Gasteiger charge is 2.27. The summed E-state index contributed by atoms with van der Waals surface area (Å²) in [6.45, 7) is 7.51. The van der Waals surface area contributed by atoms with Crippen LogP contribution in [-0.2, 0) is 17.9 Å². The molecule has 0 spiro atoms. The average molecular weight is 340 g/mol. The van der Waals surface area contributed by atoms with Gasteiger partial charge in [-0.1, -0.05) is 44.2 Å². The molecule has 25 heavy (non-hydrogen) atoms. The van der Waals surface area contributed by atoms with Gasteiger partial charge in [-0.3, -0.25) is 9.48 Å². The summed E-state index contributed by atoms with van der Waals surface area (Å²) in [5.41, 5.74) is 2.46. The molecule has 3 rings (SSSR count). The van der Waals surface area contributed by atoms with Crippen molar-refractivity contribution in [2.75, 3.05) is 13.1 Å². The average Bonchev–Trinajstić information content (AvgIpc) is 3.08. The molecule has 5 heteroatoms. The first-order valence-electron chi connectivity index (χ1n) is 9.22. The summed E-state index contributed by atoms with van der Waals surface area (Å²) in [5.74, 6) is 0.746. The van der Waals surface area contributed by atoms with Crippen molar-refractivity contribution in [2.45, 2.75) is 45.8 Å². The molecule has 0 saturated carbocycles. The summed E-state index contributed by atoms with van der Waals surface area (Å²) in [5, 5.41) is 8.12. The molecule has 0 unspecified atom stereocenters. The second-order valence-electron chi connectivity index (χ2n) is 6.98. The molecular weight excluding hydrogens is 312 g/mol. The zero-order valence-electron chi connectivity index (χ0n) is 15.2. The van der Waals surface area contributed by atoms with Crippen molar-refractivity contribution in [2.24, 2.45) is 5.92 Å². The zero-order valence-corrected chi connectivity index (χ0v) is 15.2. The maximum atomic E-state index is 11.8. The summed E-state index contributed by atoms with van der Waals surface area (Å²) in [6, 6.07) is 10.8. The van der Waals surface area contributed by atoms with Crippen molar-refractivity contribution >= 4 is 5.91 Å². The van der Waals surface area contributed by atoms with Crippen LogP contribution in [0.5, 0.6) is 0 Å².